The van der Waals surface area contributed by atoms with Gasteiger partial charge in [-0.2, -0.15) is 0 Å². The monoisotopic (exact) mass is 389 g/mol. The summed E-state index contributed by atoms with van der Waals surface area (Å²) in [5.41, 5.74) is 1.94. The summed E-state index contributed by atoms with van der Waals surface area (Å²) in [4.78, 5) is 8.98. The predicted molar refractivity (Wildman–Crippen MR) is 82.7 cm³/mol. The summed E-state index contributed by atoms with van der Waals surface area (Å²) in [6.07, 6.45) is 1.79. The third-order valence-corrected chi connectivity index (χ3v) is 4.19. The lowest BCUT2D eigenvalue weighted by molar-refractivity contribution is 0.583. The van der Waals surface area contributed by atoms with E-state index in [0.29, 0.717) is 6.04 Å². The standard InChI is InChI=1S/C12H13Br2N3S/c1-7(2)15-5-9-6-18-12(17-9)11-10(14)3-8(13)4-16-11/h3-4,6-7,15H,5H2,1-2H3. The lowest BCUT2D eigenvalue weighted by Crippen LogP contribution is -2.21. The van der Waals surface area contributed by atoms with Crippen molar-refractivity contribution in [2.75, 3.05) is 0 Å². The summed E-state index contributed by atoms with van der Waals surface area (Å²) in [6, 6.07) is 2.45. The maximum absolute atomic E-state index is 4.59. The van der Waals surface area contributed by atoms with Crippen LogP contribution in [0.1, 0.15) is 19.5 Å². The van der Waals surface area contributed by atoms with Crippen LogP contribution in [0, 0.1) is 0 Å². The van der Waals surface area contributed by atoms with Crippen LogP contribution in [0.15, 0.2) is 26.6 Å². The molecule has 18 heavy (non-hydrogen) atoms. The summed E-state index contributed by atoms with van der Waals surface area (Å²) in [5.74, 6) is 0. The van der Waals surface area contributed by atoms with E-state index in [2.05, 4.69) is 66.4 Å². The van der Waals surface area contributed by atoms with Gasteiger partial charge in [-0.3, -0.25) is 4.98 Å². The quantitative estimate of drug-likeness (QED) is 0.848. The van der Waals surface area contributed by atoms with E-state index in [0.717, 1.165) is 31.9 Å². The van der Waals surface area contributed by atoms with Gasteiger partial charge < -0.3 is 5.32 Å². The highest BCUT2D eigenvalue weighted by Crippen LogP contribution is 2.30. The van der Waals surface area contributed by atoms with Crippen LogP contribution in [-0.2, 0) is 6.54 Å². The molecule has 2 heterocycles. The first kappa shape index (κ1) is 14.1. The van der Waals surface area contributed by atoms with Gasteiger partial charge >= 0.3 is 0 Å². The second-order valence-electron chi connectivity index (χ2n) is 4.16. The van der Waals surface area contributed by atoms with Crippen molar-refractivity contribution in [3.05, 3.63) is 32.3 Å². The number of hydrogen-bond acceptors (Lipinski definition) is 4. The lowest BCUT2D eigenvalue weighted by atomic mass is 10.3. The molecule has 1 N–H and O–H groups in total. The molecule has 0 aliphatic rings. The molecule has 0 aromatic carbocycles. The Bertz CT molecular complexity index is 540. The summed E-state index contributed by atoms with van der Waals surface area (Å²) in [6.45, 7) is 5.04. The van der Waals surface area contributed by atoms with Gasteiger partial charge in [0, 0.05) is 33.1 Å². The zero-order valence-corrected chi connectivity index (χ0v) is 14.1. The number of rotatable bonds is 4. The van der Waals surface area contributed by atoms with E-state index < -0.39 is 0 Å². The average molecular weight is 391 g/mol. The molecular formula is C12H13Br2N3S. The number of pyridine rings is 1. The first-order chi connectivity index (χ1) is 8.56. The molecule has 2 aromatic rings. The number of halogens is 2. The summed E-state index contributed by atoms with van der Waals surface area (Å²) in [5, 5.41) is 6.36. The second kappa shape index (κ2) is 6.23. The molecule has 0 aliphatic heterocycles. The fourth-order valence-electron chi connectivity index (χ4n) is 1.38. The molecule has 3 nitrogen and oxygen atoms in total. The van der Waals surface area contributed by atoms with Gasteiger partial charge in [0.2, 0.25) is 0 Å². The van der Waals surface area contributed by atoms with Crippen molar-refractivity contribution in [2.24, 2.45) is 0 Å². The van der Waals surface area contributed by atoms with Crippen molar-refractivity contribution in [3.63, 3.8) is 0 Å². The molecule has 0 saturated heterocycles. The van der Waals surface area contributed by atoms with E-state index in [9.17, 15) is 0 Å². The topological polar surface area (TPSA) is 37.8 Å². The molecular weight excluding hydrogens is 378 g/mol. The third kappa shape index (κ3) is 3.60. The van der Waals surface area contributed by atoms with Crippen molar-refractivity contribution in [3.8, 4) is 10.7 Å². The minimum absolute atomic E-state index is 0.465. The Morgan fingerprint density at radius 2 is 2.17 bits per heavy atom. The summed E-state index contributed by atoms with van der Waals surface area (Å²) >= 11 is 8.52. The molecule has 0 spiro atoms. The van der Waals surface area contributed by atoms with Gasteiger partial charge in [0.05, 0.1) is 5.69 Å². The second-order valence-corrected chi connectivity index (χ2v) is 6.79. The number of nitrogens with zero attached hydrogens (tertiary/aromatic N) is 2. The number of nitrogens with one attached hydrogen (secondary N) is 1. The van der Waals surface area contributed by atoms with Gasteiger partial charge in [-0.15, -0.1) is 11.3 Å². The Morgan fingerprint density at radius 3 is 2.83 bits per heavy atom. The van der Waals surface area contributed by atoms with Crippen LogP contribution in [-0.4, -0.2) is 16.0 Å². The molecule has 6 heteroatoms. The molecule has 0 bridgehead atoms. The fourth-order valence-corrected chi connectivity index (χ4v) is 3.51. The molecule has 0 amide bonds. The first-order valence-electron chi connectivity index (χ1n) is 5.55. The SMILES string of the molecule is CC(C)NCc1csc(-c2ncc(Br)cc2Br)n1. The van der Waals surface area contributed by atoms with Gasteiger partial charge in [0.25, 0.3) is 0 Å². The van der Waals surface area contributed by atoms with E-state index in [1.165, 1.54) is 0 Å². The Kier molecular flexibility index (Phi) is 4.89. The van der Waals surface area contributed by atoms with Crippen molar-refractivity contribution in [1.29, 1.82) is 0 Å². The summed E-state index contributed by atoms with van der Waals surface area (Å²) < 4.78 is 1.91. The van der Waals surface area contributed by atoms with E-state index >= 15 is 0 Å². The smallest absolute Gasteiger partial charge is 0.143 e. The molecule has 0 radical (unpaired) electrons. The van der Waals surface area contributed by atoms with Crippen LogP contribution in [0.4, 0.5) is 0 Å². The van der Waals surface area contributed by atoms with E-state index in [4.69, 9.17) is 0 Å². The Balaban J connectivity index is 2.18. The minimum atomic E-state index is 0.465. The Hall–Kier alpha value is -0.300. The predicted octanol–water partition coefficient (Wildman–Crippen LogP) is 4.23. The lowest BCUT2D eigenvalue weighted by Gasteiger charge is -2.04. The fraction of sp³-hybridized carbons (Fsp3) is 0.333. The van der Waals surface area contributed by atoms with Gasteiger partial charge in [-0.05, 0) is 37.9 Å². The molecule has 96 valence electrons. The summed E-state index contributed by atoms with van der Waals surface area (Å²) in [7, 11) is 0. The maximum atomic E-state index is 4.59. The van der Waals surface area contributed by atoms with E-state index in [-0.39, 0.29) is 0 Å². The van der Waals surface area contributed by atoms with Gasteiger partial charge in [0.15, 0.2) is 0 Å². The van der Waals surface area contributed by atoms with Crippen molar-refractivity contribution >= 4 is 43.2 Å². The number of hydrogen-bond donors (Lipinski definition) is 1. The third-order valence-electron chi connectivity index (χ3n) is 2.25. The average Bonchev–Trinajstić information content (AvgIpc) is 2.75. The normalized spacial score (nSPS) is 11.2. The number of thiazole rings is 1. The minimum Gasteiger partial charge on any atom is -0.309 e. The van der Waals surface area contributed by atoms with Crippen molar-refractivity contribution in [2.45, 2.75) is 26.4 Å². The highest BCUT2D eigenvalue weighted by Gasteiger charge is 2.10. The molecule has 0 unspecified atom stereocenters. The highest BCUT2D eigenvalue weighted by molar-refractivity contribution is 9.11. The van der Waals surface area contributed by atoms with Crippen LogP contribution >= 0.6 is 43.2 Å². The van der Waals surface area contributed by atoms with Crippen LogP contribution in [0.25, 0.3) is 10.7 Å². The Labute approximate surface area is 127 Å². The van der Waals surface area contributed by atoms with Crippen LogP contribution in [0.2, 0.25) is 0 Å². The molecule has 0 fully saturated rings. The van der Waals surface area contributed by atoms with E-state index in [1.807, 2.05) is 6.07 Å². The highest BCUT2D eigenvalue weighted by atomic mass is 79.9. The molecule has 0 saturated carbocycles. The van der Waals surface area contributed by atoms with Crippen LogP contribution < -0.4 is 5.32 Å². The zero-order chi connectivity index (χ0) is 13.1. The van der Waals surface area contributed by atoms with Crippen LogP contribution in [0.3, 0.4) is 0 Å². The van der Waals surface area contributed by atoms with E-state index in [1.54, 1.807) is 17.5 Å². The van der Waals surface area contributed by atoms with Crippen molar-refractivity contribution < 1.29 is 0 Å². The van der Waals surface area contributed by atoms with Crippen LogP contribution in [0.5, 0.6) is 0 Å². The number of aromatic nitrogens is 2. The first-order valence-corrected chi connectivity index (χ1v) is 8.02. The zero-order valence-electron chi connectivity index (χ0n) is 10.1. The molecule has 0 aliphatic carbocycles. The van der Waals surface area contributed by atoms with Crippen molar-refractivity contribution in [1.82, 2.24) is 15.3 Å². The largest absolute Gasteiger partial charge is 0.309 e. The molecule has 0 atom stereocenters. The maximum Gasteiger partial charge on any atom is 0.143 e. The van der Waals surface area contributed by atoms with Gasteiger partial charge in [-0.25, -0.2) is 4.98 Å². The molecule has 2 aromatic heterocycles. The van der Waals surface area contributed by atoms with Gasteiger partial charge in [-0.1, -0.05) is 13.8 Å². The van der Waals surface area contributed by atoms with Gasteiger partial charge in [0.1, 0.15) is 10.7 Å². The Morgan fingerprint density at radius 1 is 1.39 bits per heavy atom. The molecule has 2 rings (SSSR count).